The Labute approximate surface area is 139 Å². The maximum Gasteiger partial charge on any atom is 0.214 e. The summed E-state index contributed by atoms with van der Waals surface area (Å²) >= 11 is 11.5. The summed E-state index contributed by atoms with van der Waals surface area (Å²) in [6.07, 6.45) is 0. The summed E-state index contributed by atoms with van der Waals surface area (Å²) in [6, 6.07) is 3.65. The van der Waals surface area contributed by atoms with Crippen LogP contribution < -0.4 is 14.9 Å². The molecule has 1 aromatic heterocycles. The van der Waals surface area contributed by atoms with Gasteiger partial charge in [0.1, 0.15) is 5.82 Å². The molecule has 1 aromatic carbocycles. The molecular formula is C14H19ClN4O2S. The van der Waals surface area contributed by atoms with Crippen molar-refractivity contribution in [3.8, 4) is 11.5 Å². The van der Waals surface area contributed by atoms with Gasteiger partial charge in [-0.05, 0) is 44.6 Å². The number of halogens is 1. The highest BCUT2D eigenvalue weighted by Gasteiger charge is 2.11. The second kappa shape index (κ2) is 7.51. The molecule has 0 spiro atoms. The predicted octanol–water partition coefficient (Wildman–Crippen LogP) is 3.44. The third-order valence-electron chi connectivity index (χ3n) is 2.98. The quantitative estimate of drug-likeness (QED) is 0.754. The number of rotatable bonds is 7. The average molecular weight is 343 g/mol. The Morgan fingerprint density at radius 3 is 2.45 bits per heavy atom. The standard InChI is InChI=1S/C14H19ClN4O2S/c1-4-20-12-6-10(11(15)7-13(12)21-5-2)8-16-19-9(3)17-18-14(19)22/h6-7,16H,4-5,8H2,1-3H3,(H,18,22). The molecule has 6 nitrogen and oxygen atoms in total. The maximum absolute atomic E-state index is 6.32. The Kier molecular flexibility index (Phi) is 5.68. The summed E-state index contributed by atoms with van der Waals surface area (Å²) in [7, 11) is 0. The predicted molar refractivity (Wildman–Crippen MR) is 89.0 cm³/mol. The molecule has 0 aliphatic carbocycles. The fourth-order valence-electron chi connectivity index (χ4n) is 1.98. The van der Waals surface area contributed by atoms with Gasteiger partial charge in [-0.1, -0.05) is 11.6 Å². The Morgan fingerprint density at radius 1 is 1.27 bits per heavy atom. The van der Waals surface area contributed by atoms with E-state index < -0.39 is 0 Å². The first-order valence-electron chi connectivity index (χ1n) is 7.02. The molecule has 0 unspecified atom stereocenters. The van der Waals surface area contributed by atoms with Crippen LogP contribution in [-0.4, -0.2) is 28.1 Å². The van der Waals surface area contributed by atoms with Crippen molar-refractivity contribution < 1.29 is 9.47 Å². The minimum Gasteiger partial charge on any atom is -0.490 e. The second-order valence-corrected chi connectivity index (χ2v) is 5.30. The normalized spacial score (nSPS) is 10.5. The number of benzene rings is 1. The number of hydrogen-bond acceptors (Lipinski definition) is 5. The zero-order valence-electron chi connectivity index (χ0n) is 12.8. The van der Waals surface area contributed by atoms with E-state index in [9.17, 15) is 0 Å². The van der Waals surface area contributed by atoms with Crippen molar-refractivity contribution >= 4 is 23.8 Å². The van der Waals surface area contributed by atoms with Gasteiger partial charge >= 0.3 is 0 Å². The fraction of sp³-hybridized carbons (Fsp3) is 0.429. The van der Waals surface area contributed by atoms with E-state index in [0.717, 1.165) is 11.4 Å². The van der Waals surface area contributed by atoms with E-state index >= 15 is 0 Å². The van der Waals surface area contributed by atoms with Gasteiger partial charge in [0, 0.05) is 11.1 Å². The van der Waals surface area contributed by atoms with Gasteiger partial charge in [-0.3, -0.25) is 5.10 Å². The van der Waals surface area contributed by atoms with Gasteiger partial charge in [0.05, 0.1) is 19.8 Å². The van der Waals surface area contributed by atoms with E-state index in [0.29, 0.717) is 41.1 Å². The molecule has 0 amide bonds. The van der Waals surface area contributed by atoms with Crippen LogP contribution in [0.15, 0.2) is 12.1 Å². The molecule has 0 saturated heterocycles. The number of nitrogens with one attached hydrogen (secondary N) is 2. The highest BCUT2D eigenvalue weighted by atomic mass is 35.5. The lowest BCUT2D eigenvalue weighted by atomic mass is 10.2. The summed E-state index contributed by atoms with van der Waals surface area (Å²) in [5.41, 5.74) is 4.06. The SMILES string of the molecule is CCOc1cc(Cl)c(CNn2c(C)n[nH]c2=S)cc1OCC. The Balaban J connectivity index is 2.23. The van der Waals surface area contributed by atoms with Gasteiger partial charge in [0.25, 0.3) is 0 Å². The van der Waals surface area contributed by atoms with Crippen molar-refractivity contribution in [1.29, 1.82) is 0 Å². The van der Waals surface area contributed by atoms with Gasteiger partial charge in [0.15, 0.2) is 11.5 Å². The molecule has 0 radical (unpaired) electrons. The number of H-pyrrole nitrogens is 1. The Hall–Kier alpha value is -1.73. The molecule has 0 atom stereocenters. The van der Waals surface area contributed by atoms with Crippen LogP contribution in [0.25, 0.3) is 0 Å². The third kappa shape index (κ3) is 3.72. The largest absolute Gasteiger partial charge is 0.490 e. The molecule has 0 fully saturated rings. The summed E-state index contributed by atoms with van der Waals surface area (Å²) in [5, 5.41) is 7.37. The van der Waals surface area contributed by atoms with Crippen molar-refractivity contribution in [2.45, 2.75) is 27.3 Å². The topological polar surface area (TPSA) is 64.1 Å². The first-order valence-corrected chi connectivity index (χ1v) is 7.81. The number of nitrogens with zero attached hydrogens (tertiary/aromatic N) is 2. The van der Waals surface area contributed by atoms with Crippen LogP contribution in [0.2, 0.25) is 5.02 Å². The number of aryl methyl sites for hydroxylation is 1. The monoisotopic (exact) mass is 342 g/mol. The molecule has 0 saturated carbocycles. The Morgan fingerprint density at radius 2 is 1.91 bits per heavy atom. The van der Waals surface area contributed by atoms with E-state index in [1.165, 1.54) is 0 Å². The van der Waals surface area contributed by atoms with E-state index in [-0.39, 0.29) is 0 Å². The summed E-state index contributed by atoms with van der Waals surface area (Å²) < 4.78 is 13.4. The molecular weight excluding hydrogens is 324 g/mol. The van der Waals surface area contributed by atoms with Crippen molar-refractivity contribution in [3.63, 3.8) is 0 Å². The van der Waals surface area contributed by atoms with Crippen molar-refractivity contribution in [3.05, 3.63) is 33.3 Å². The van der Waals surface area contributed by atoms with Crippen LogP contribution >= 0.6 is 23.8 Å². The van der Waals surface area contributed by atoms with Gasteiger partial charge in [0.2, 0.25) is 4.77 Å². The van der Waals surface area contributed by atoms with E-state index in [1.807, 2.05) is 26.8 Å². The number of hydrogen-bond donors (Lipinski definition) is 2. The van der Waals surface area contributed by atoms with Gasteiger partial charge in [-0.2, -0.15) is 5.10 Å². The van der Waals surface area contributed by atoms with Crippen LogP contribution in [0.5, 0.6) is 11.5 Å². The van der Waals surface area contributed by atoms with Gasteiger partial charge in [-0.15, -0.1) is 0 Å². The number of ether oxygens (including phenoxy) is 2. The van der Waals surface area contributed by atoms with Crippen LogP contribution in [-0.2, 0) is 6.54 Å². The van der Waals surface area contributed by atoms with Crippen LogP contribution in [0.3, 0.4) is 0 Å². The molecule has 2 aromatic rings. The van der Waals surface area contributed by atoms with E-state index in [2.05, 4.69) is 15.6 Å². The molecule has 0 bridgehead atoms. The fourth-order valence-corrected chi connectivity index (χ4v) is 2.44. The van der Waals surface area contributed by atoms with Crippen molar-refractivity contribution in [2.24, 2.45) is 0 Å². The molecule has 0 aliphatic heterocycles. The highest BCUT2D eigenvalue weighted by molar-refractivity contribution is 7.71. The average Bonchev–Trinajstić information content (AvgIpc) is 2.80. The number of aromatic nitrogens is 3. The van der Waals surface area contributed by atoms with Crippen molar-refractivity contribution in [2.75, 3.05) is 18.6 Å². The minimum absolute atomic E-state index is 0.486. The maximum atomic E-state index is 6.32. The summed E-state index contributed by atoms with van der Waals surface area (Å²) in [5.74, 6) is 2.07. The highest BCUT2D eigenvalue weighted by Crippen LogP contribution is 2.33. The zero-order chi connectivity index (χ0) is 16.1. The molecule has 2 N–H and O–H groups in total. The minimum atomic E-state index is 0.486. The summed E-state index contributed by atoms with van der Waals surface area (Å²) in [6.45, 7) is 7.29. The molecule has 22 heavy (non-hydrogen) atoms. The smallest absolute Gasteiger partial charge is 0.214 e. The van der Waals surface area contributed by atoms with E-state index in [1.54, 1.807) is 10.7 Å². The Bertz CT molecular complexity index is 699. The summed E-state index contributed by atoms with van der Waals surface area (Å²) in [4.78, 5) is 0. The lowest BCUT2D eigenvalue weighted by Gasteiger charge is -2.15. The molecule has 8 heteroatoms. The first-order chi connectivity index (χ1) is 10.6. The van der Waals surface area contributed by atoms with Crippen LogP contribution in [0.4, 0.5) is 0 Å². The van der Waals surface area contributed by atoms with Gasteiger partial charge in [-0.25, -0.2) is 4.68 Å². The first kappa shape index (κ1) is 16.6. The van der Waals surface area contributed by atoms with E-state index in [4.69, 9.17) is 33.3 Å². The second-order valence-electron chi connectivity index (χ2n) is 4.50. The molecule has 2 rings (SSSR count). The third-order valence-corrected chi connectivity index (χ3v) is 3.61. The zero-order valence-corrected chi connectivity index (χ0v) is 14.3. The van der Waals surface area contributed by atoms with Crippen molar-refractivity contribution in [1.82, 2.24) is 14.9 Å². The lowest BCUT2D eigenvalue weighted by molar-refractivity contribution is 0.287. The molecule has 1 heterocycles. The number of aromatic amines is 1. The lowest BCUT2D eigenvalue weighted by Crippen LogP contribution is -2.16. The molecule has 0 aliphatic rings. The van der Waals surface area contributed by atoms with Gasteiger partial charge < -0.3 is 14.9 Å². The van der Waals surface area contributed by atoms with Crippen LogP contribution in [0, 0.1) is 11.7 Å². The molecule has 120 valence electrons. The van der Waals surface area contributed by atoms with Crippen LogP contribution in [0.1, 0.15) is 25.2 Å².